The topological polar surface area (TPSA) is 19.9 Å². The molecule has 6 aromatic rings. The summed E-state index contributed by atoms with van der Waals surface area (Å²) in [5.74, 6) is 2.62. The largest absolute Gasteiger partial charge is 1.00 e. The molecular weight excluding hydrogens is 866 g/mol. The predicted octanol–water partition coefficient (Wildman–Crippen LogP) is 12.1. The first-order valence-corrected chi connectivity index (χ1v) is 21.9. The van der Waals surface area contributed by atoms with Gasteiger partial charge in [-0.1, -0.05) is 221 Å². The van der Waals surface area contributed by atoms with Crippen LogP contribution in [0, 0.1) is 36.7 Å². The van der Waals surface area contributed by atoms with Gasteiger partial charge < -0.3 is 17.3 Å². The van der Waals surface area contributed by atoms with Crippen molar-refractivity contribution < 1.29 is 41.4 Å². The minimum Gasteiger partial charge on any atom is -0.0622 e. The van der Waals surface area contributed by atoms with Gasteiger partial charge in [-0.15, -0.1) is 0 Å². The van der Waals surface area contributed by atoms with Crippen LogP contribution < -0.4 is 31.8 Å². The number of rotatable bonds is 8. The third-order valence-electron chi connectivity index (χ3n) is 9.33. The van der Waals surface area contributed by atoms with Gasteiger partial charge in [-0.25, -0.2) is 0 Å². The molecule has 6 aromatic carbocycles. The Hall–Kier alpha value is -3.93. The van der Waals surface area contributed by atoms with Gasteiger partial charge in [0.2, 0.25) is 0 Å². The van der Waals surface area contributed by atoms with E-state index in [9.17, 15) is 17.3 Å². The molecule has 7 rings (SSSR count). The Morgan fingerprint density at radius 2 is 0.576 bits per heavy atom. The van der Waals surface area contributed by atoms with Crippen LogP contribution in [0.4, 0.5) is 17.3 Å². The van der Waals surface area contributed by atoms with Gasteiger partial charge in [-0.2, -0.15) is 0 Å². The van der Waals surface area contributed by atoms with E-state index in [2.05, 4.69) is 237 Å². The number of halogens is 4. The van der Waals surface area contributed by atoms with Crippen LogP contribution in [0.5, 0.6) is 0 Å². The zero-order valence-electron chi connectivity index (χ0n) is 34.4. The van der Waals surface area contributed by atoms with Crippen molar-refractivity contribution in [2.45, 2.75) is 41.5 Å². The Bertz CT molecular complexity index is 1720. The standard InChI is InChI=1S/2C18H15P.C13H22.CO.BF4.Ru/c2*1-4-10-16(11-5-1)19(17-12-6-2-7-13-17)18-14-8-3-9-15-18;1-8(2)12-7-13(9(3)4)11(6)10(12)5;1-2;2-1(3,4)5;/h2*1-15H;8-9,12-13H,1-6H3;;;/q;;;;-1;+1. The molecule has 1 nitrogen and oxygen atoms in total. The quantitative estimate of drug-likeness (QED) is 0.0362. The van der Waals surface area contributed by atoms with Crippen molar-refractivity contribution in [2.75, 3.05) is 0 Å². The maximum atomic E-state index is 9.75. The summed E-state index contributed by atoms with van der Waals surface area (Å²) < 4.78 is 46.5. The SMILES string of the molecule is CC1=C(C)C(C(C)C)[C]C1C(C)C.F[B-](F)(F)F.[C-]#[O+].[Ru+].c1ccc(P(c2ccccc2)c2ccccc2)cc1.c1ccc(P(c2ccccc2)c2ccccc2)cc1. The summed E-state index contributed by atoms with van der Waals surface area (Å²) >= 11 is 0. The Balaban J connectivity index is 0.000000285. The Morgan fingerprint density at radius 3 is 0.695 bits per heavy atom. The summed E-state index contributed by atoms with van der Waals surface area (Å²) in [6.45, 7) is 18.2. The molecule has 9 heteroatoms. The predicted molar refractivity (Wildman–Crippen MR) is 243 cm³/mol. The minimum atomic E-state index is -6.00. The third kappa shape index (κ3) is 17.3. The molecule has 307 valence electrons. The summed E-state index contributed by atoms with van der Waals surface area (Å²) in [6.07, 6.45) is 3.72. The molecule has 0 amide bonds. The number of allylic oxidation sites excluding steroid dienone is 2. The molecule has 0 saturated carbocycles. The first-order valence-electron chi connectivity index (χ1n) is 19.3. The average molecular weight is 919 g/mol. The molecule has 0 saturated heterocycles. The van der Waals surface area contributed by atoms with Crippen LogP contribution in [0.15, 0.2) is 193 Å². The molecule has 0 bridgehead atoms. The van der Waals surface area contributed by atoms with Crippen LogP contribution in [-0.4, -0.2) is 7.25 Å². The van der Waals surface area contributed by atoms with Gasteiger partial charge in [0.25, 0.3) is 0 Å². The Labute approximate surface area is 365 Å². The summed E-state index contributed by atoms with van der Waals surface area (Å²) in [6, 6.07) is 64.7. The second kappa shape index (κ2) is 27.0. The molecular formula is C50H52BF4OP2Ru. The van der Waals surface area contributed by atoms with Gasteiger partial charge in [0.15, 0.2) is 0 Å². The van der Waals surface area contributed by atoms with Crippen molar-refractivity contribution in [3.63, 3.8) is 0 Å². The molecule has 0 spiro atoms. The van der Waals surface area contributed by atoms with Gasteiger partial charge in [0.1, 0.15) is 0 Å². The van der Waals surface area contributed by atoms with Crippen molar-refractivity contribution in [2.24, 2.45) is 23.7 Å². The van der Waals surface area contributed by atoms with Crippen LogP contribution in [0.3, 0.4) is 0 Å². The molecule has 1 aliphatic carbocycles. The van der Waals surface area contributed by atoms with Crippen LogP contribution >= 0.6 is 15.8 Å². The normalized spacial score (nSPS) is 14.4. The third-order valence-corrected chi connectivity index (χ3v) is 14.2. The van der Waals surface area contributed by atoms with E-state index in [0.717, 1.165) is 0 Å². The zero-order valence-corrected chi connectivity index (χ0v) is 37.9. The van der Waals surface area contributed by atoms with Crippen molar-refractivity contribution in [1.29, 1.82) is 0 Å². The van der Waals surface area contributed by atoms with Gasteiger partial charge in [-0.3, -0.25) is 0 Å². The Kier molecular flexibility index (Phi) is 23.5. The smallest absolute Gasteiger partial charge is 0.0622 e. The molecule has 0 fully saturated rings. The van der Waals surface area contributed by atoms with E-state index in [4.69, 9.17) is 4.65 Å². The minimum absolute atomic E-state index is 0. The molecule has 0 N–H and O–H groups in total. The van der Waals surface area contributed by atoms with Crippen LogP contribution in [-0.2, 0) is 24.1 Å². The van der Waals surface area contributed by atoms with Crippen molar-refractivity contribution in [1.82, 2.24) is 0 Å². The van der Waals surface area contributed by atoms with Crippen LogP contribution in [0.1, 0.15) is 41.5 Å². The summed E-state index contributed by atoms with van der Waals surface area (Å²) in [4.78, 5) is 0. The summed E-state index contributed by atoms with van der Waals surface area (Å²) in [5.41, 5.74) is 3.13. The first-order chi connectivity index (χ1) is 27.8. The fraction of sp³-hybridized carbons (Fsp3) is 0.200. The van der Waals surface area contributed by atoms with Crippen LogP contribution in [0.25, 0.3) is 0 Å². The molecule has 2 unspecified atom stereocenters. The molecule has 59 heavy (non-hydrogen) atoms. The molecule has 0 aliphatic heterocycles. The fourth-order valence-corrected chi connectivity index (χ4v) is 11.3. The summed E-state index contributed by atoms with van der Waals surface area (Å²) in [5, 5.41) is 8.39. The average Bonchev–Trinajstić information content (AvgIpc) is 3.55. The van der Waals surface area contributed by atoms with E-state index in [0.29, 0.717) is 23.7 Å². The van der Waals surface area contributed by atoms with Gasteiger partial charge >= 0.3 is 38.0 Å². The van der Waals surface area contributed by atoms with Gasteiger partial charge in [0, 0.05) is 0 Å². The van der Waals surface area contributed by atoms with Crippen LogP contribution in [0.2, 0.25) is 0 Å². The summed E-state index contributed by atoms with van der Waals surface area (Å²) in [7, 11) is -6.89. The van der Waals surface area contributed by atoms with E-state index in [1.807, 2.05) is 0 Å². The van der Waals surface area contributed by atoms with Crippen molar-refractivity contribution in [3.05, 3.63) is 206 Å². The zero-order chi connectivity index (χ0) is 42.5. The monoisotopic (exact) mass is 919 g/mol. The van der Waals surface area contributed by atoms with E-state index in [1.165, 1.54) is 31.8 Å². The molecule has 3 radical (unpaired) electrons. The van der Waals surface area contributed by atoms with Gasteiger partial charge in [0.05, 0.1) is 0 Å². The second-order valence-corrected chi connectivity index (χ2v) is 18.6. The van der Waals surface area contributed by atoms with E-state index < -0.39 is 23.1 Å². The van der Waals surface area contributed by atoms with Crippen molar-refractivity contribution in [3.8, 4) is 0 Å². The fourth-order valence-electron chi connectivity index (χ4n) is 6.68. The number of benzene rings is 6. The van der Waals surface area contributed by atoms with Gasteiger partial charge in [-0.05, 0) is 91.6 Å². The van der Waals surface area contributed by atoms with Crippen molar-refractivity contribution >= 4 is 54.9 Å². The van der Waals surface area contributed by atoms with E-state index in [-0.39, 0.29) is 19.5 Å². The second-order valence-electron chi connectivity index (χ2n) is 14.2. The number of hydrogen-bond acceptors (Lipinski definition) is 0. The number of hydrogen-bond donors (Lipinski definition) is 0. The Morgan fingerprint density at radius 1 is 0.424 bits per heavy atom. The van der Waals surface area contributed by atoms with E-state index in [1.54, 1.807) is 11.1 Å². The molecule has 1 aliphatic rings. The first kappa shape index (κ1) is 51.2. The maximum Gasteiger partial charge on any atom is 1.00 e. The van der Waals surface area contributed by atoms with E-state index >= 15 is 0 Å². The maximum absolute atomic E-state index is 9.75. The molecule has 2 atom stereocenters. The molecule has 0 aromatic heterocycles. The molecule has 0 heterocycles.